The van der Waals surface area contributed by atoms with E-state index in [0.29, 0.717) is 10.8 Å². The van der Waals surface area contributed by atoms with Crippen molar-refractivity contribution in [2.75, 3.05) is 19.4 Å². The molecule has 180 valence electrons. The van der Waals surface area contributed by atoms with Gasteiger partial charge in [0.1, 0.15) is 0 Å². The topological polar surface area (TPSA) is 18.5 Å². The van der Waals surface area contributed by atoms with Crippen LogP contribution in [0.15, 0.2) is 0 Å². The van der Waals surface area contributed by atoms with Crippen molar-refractivity contribution >= 4 is 8.38 Å². The highest BCUT2D eigenvalue weighted by Gasteiger charge is 2.60. The van der Waals surface area contributed by atoms with E-state index in [4.69, 9.17) is 9.05 Å². The Hall–Kier alpha value is 0.350. The highest BCUT2D eigenvalue weighted by molar-refractivity contribution is 7.47. The summed E-state index contributed by atoms with van der Waals surface area (Å²) in [6.45, 7) is 13.7. The van der Waals surface area contributed by atoms with Crippen LogP contribution in [0.2, 0.25) is 0 Å². The van der Waals surface area contributed by atoms with Crippen molar-refractivity contribution in [2.45, 2.75) is 112 Å². The Morgan fingerprint density at radius 1 is 0.806 bits per heavy atom. The van der Waals surface area contributed by atoms with Gasteiger partial charge < -0.3 is 9.05 Å². The second-order valence-corrected chi connectivity index (χ2v) is 13.6. The van der Waals surface area contributed by atoms with Crippen molar-refractivity contribution in [3.05, 3.63) is 0 Å². The molecule has 0 aromatic rings. The fourth-order valence-electron chi connectivity index (χ4n) is 9.52. The molecule has 0 heterocycles. The standard InChI is InChI=1S/C28H51O2P/c1-6-21-20-23-25-15-14-22(12-11-19-31(29-7-2)30-8-3)27(25,4)18-16-26(23)28(5)17-10-9-13-24(21)28/h21-26H,6-20H2,1-5H3/t21-,22?,23?,24?,25?,26-,27?,28?/m0/s1. The Morgan fingerprint density at radius 3 is 2.26 bits per heavy atom. The maximum absolute atomic E-state index is 5.88. The van der Waals surface area contributed by atoms with Gasteiger partial charge in [-0.15, -0.1) is 0 Å². The summed E-state index contributed by atoms with van der Waals surface area (Å²) in [5, 5.41) is 0. The molecule has 0 amide bonds. The molecule has 4 rings (SSSR count). The van der Waals surface area contributed by atoms with E-state index in [1.165, 1.54) is 70.6 Å². The first-order chi connectivity index (χ1) is 15.0. The Labute approximate surface area is 194 Å². The number of hydrogen-bond acceptors (Lipinski definition) is 2. The lowest BCUT2D eigenvalue weighted by Crippen LogP contribution is -2.55. The van der Waals surface area contributed by atoms with Crippen LogP contribution < -0.4 is 0 Å². The van der Waals surface area contributed by atoms with Crippen LogP contribution in [0.3, 0.4) is 0 Å². The van der Waals surface area contributed by atoms with Crippen LogP contribution in [-0.2, 0) is 9.05 Å². The molecule has 0 radical (unpaired) electrons. The van der Waals surface area contributed by atoms with Gasteiger partial charge in [-0.05, 0) is 118 Å². The molecule has 31 heavy (non-hydrogen) atoms. The van der Waals surface area contributed by atoms with Crippen molar-refractivity contribution in [3.63, 3.8) is 0 Å². The quantitative estimate of drug-likeness (QED) is 0.327. The molecule has 2 nitrogen and oxygen atoms in total. The number of rotatable bonds is 9. The zero-order valence-corrected chi connectivity index (χ0v) is 22.2. The van der Waals surface area contributed by atoms with Crippen LogP contribution in [0, 0.1) is 46.3 Å². The molecule has 6 unspecified atom stereocenters. The van der Waals surface area contributed by atoms with E-state index in [-0.39, 0.29) is 0 Å². The summed E-state index contributed by atoms with van der Waals surface area (Å²) in [6, 6.07) is 0. The normalized spacial score (nSPS) is 44.7. The lowest BCUT2D eigenvalue weighted by Gasteiger charge is -2.62. The largest absolute Gasteiger partial charge is 0.334 e. The molecule has 0 bridgehead atoms. The molecule has 3 heteroatoms. The summed E-state index contributed by atoms with van der Waals surface area (Å²) in [6.07, 6.45) is 18.9. The molecule has 0 aliphatic heterocycles. The Balaban J connectivity index is 1.43. The predicted octanol–water partition coefficient (Wildman–Crippen LogP) is 8.84. The lowest BCUT2D eigenvalue weighted by atomic mass is 9.42. The van der Waals surface area contributed by atoms with E-state index in [1.54, 1.807) is 6.42 Å². The second kappa shape index (κ2) is 10.3. The van der Waals surface area contributed by atoms with Crippen LogP contribution in [0.5, 0.6) is 0 Å². The maximum Gasteiger partial charge on any atom is 0.170 e. The van der Waals surface area contributed by atoms with Gasteiger partial charge in [-0.1, -0.05) is 40.0 Å². The summed E-state index contributed by atoms with van der Waals surface area (Å²) in [5.74, 6) is 6.04. The van der Waals surface area contributed by atoms with Gasteiger partial charge in [0.15, 0.2) is 8.38 Å². The Kier molecular flexibility index (Phi) is 8.14. The average molecular weight is 451 g/mol. The molecule has 0 aromatic heterocycles. The van der Waals surface area contributed by atoms with Crippen molar-refractivity contribution in [2.24, 2.45) is 46.3 Å². The average Bonchev–Trinajstić information content (AvgIpc) is 3.09. The smallest absolute Gasteiger partial charge is 0.170 e. The Bertz CT molecular complexity index is 575. The zero-order chi connectivity index (χ0) is 22.1. The summed E-state index contributed by atoms with van der Waals surface area (Å²) in [7, 11) is -0.654. The van der Waals surface area contributed by atoms with E-state index in [0.717, 1.165) is 54.9 Å². The molecule has 0 N–H and O–H groups in total. The third-order valence-electron chi connectivity index (χ3n) is 10.9. The number of fused-ring (bicyclic) bond motifs is 5. The molecule has 0 aromatic carbocycles. The third-order valence-corrected chi connectivity index (χ3v) is 12.7. The van der Waals surface area contributed by atoms with Crippen molar-refractivity contribution in [3.8, 4) is 0 Å². The SMILES string of the molecule is CCOP(CCCC1CCC2C3C[C@H](CC)C4CCCCC4(C)[C@H]3CCC12C)OCC. The predicted molar refractivity (Wildman–Crippen MR) is 133 cm³/mol. The van der Waals surface area contributed by atoms with Gasteiger partial charge in [0.2, 0.25) is 0 Å². The zero-order valence-electron chi connectivity index (χ0n) is 21.3. The molecule has 0 saturated heterocycles. The van der Waals surface area contributed by atoms with E-state index in [1.807, 2.05) is 0 Å². The van der Waals surface area contributed by atoms with Crippen LogP contribution in [0.25, 0.3) is 0 Å². The van der Waals surface area contributed by atoms with Gasteiger partial charge >= 0.3 is 0 Å². The van der Waals surface area contributed by atoms with Gasteiger partial charge in [-0.3, -0.25) is 0 Å². The first-order valence-electron chi connectivity index (χ1n) is 14.0. The van der Waals surface area contributed by atoms with Crippen molar-refractivity contribution in [1.82, 2.24) is 0 Å². The minimum atomic E-state index is -0.654. The Morgan fingerprint density at radius 2 is 1.55 bits per heavy atom. The van der Waals surface area contributed by atoms with Crippen LogP contribution in [-0.4, -0.2) is 19.4 Å². The molecule has 4 fully saturated rings. The highest BCUT2D eigenvalue weighted by Crippen LogP contribution is 2.69. The minimum absolute atomic E-state index is 0.608. The third kappa shape index (κ3) is 4.53. The van der Waals surface area contributed by atoms with Gasteiger partial charge in [0, 0.05) is 6.16 Å². The summed E-state index contributed by atoms with van der Waals surface area (Å²) >= 11 is 0. The monoisotopic (exact) mass is 450 g/mol. The van der Waals surface area contributed by atoms with E-state index in [9.17, 15) is 0 Å². The van der Waals surface area contributed by atoms with E-state index < -0.39 is 8.38 Å². The van der Waals surface area contributed by atoms with E-state index >= 15 is 0 Å². The van der Waals surface area contributed by atoms with Crippen LogP contribution >= 0.6 is 8.38 Å². The van der Waals surface area contributed by atoms with Crippen LogP contribution in [0.4, 0.5) is 0 Å². The van der Waals surface area contributed by atoms with Gasteiger partial charge in [0.05, 0.1) is 13.2 Å². The summed E-state index contributed by atoms with van der Waals surface area (Å²) in [4.78, 5) is 0. The molecular weight excluding hydrogens is 399 g/mol. The second-order valence-electron chi connectivity index (χ2n) is 12.0. The summed E-state index contributed by atoms with van der Waals surface area (Å²) < 4.78 is 11.8. The minimum Gasteiger partial charge on any atom is -0.334 e. The molecule has 4 aliphatic carbocycles. The molecule has 4 saturated carbocycles. The fraction of sp³-hybridized carbons (Fsp3) is 1.00. The van der Waals surface area contributed by atoms with Gasteiger partial charge in [-0.25, -0.2) is 0 Å². The van der Waals surface area contributed by atoms with Crippen LogP contribution in [0.1, 0.15) is 112 Å². The van der Waals surface area contributed by atoms with Gasteiger partial charge in [0.25, 0.3) is 0 Å². The highest BCUT2D eigenvalue weighted by atomic mass is 31.2. The van der Waals surface area contributed by atoms with Crippen molar-refractivity contribution in [1.29, 1.82) is 0 Å². The summed E-state index contributed by atoms with van der Waals surface area (Å²) in [5.41, 5.74) is 1.27. The first kappa shape index (κ1) is 24.5. The molecule has 8 atom stereocenters. The first-order valence-corrected chi connectivity index (χ1v) is 15.4. The fourth-order valence-corrected chi connectivity index (χ4v) is 10.9. The van der Waals surface area contributed by atoms with Crippen molar-refractivity contribution < 1.29 is 9.05 Å². The molecular formula is C28H51O2P. The van der Waals surface area contributed by atoms with Gasteiger partial charge in [-0.2, -0.15) is 0 Å². The number of hydrogen-bond donors (Lipinski definition) is 0. The molecule has 4 aliphatic rings. The maximum atomic E-state index is 5.88. The molecule has 0 spiro atoms. The van der Waals surface area contributed by atoms with E-state index in [2.05, 4.69) is 34.6 Å². The lowest BCUT2D eigenvalue weighted by molar-refractivity contribution is -0.135.